The molecule has 92 valence electrons. The SMILES string of the molecule is CC(NCC(C1CC1)C1CC1)C(C)C(=O)O. The Hall–Kier alpha value is -0.570. The quantitative estimate of drug-likeness (QED) is 0.697. The Morgan fingerprint density at radius 1 is 1.25 bits per heavy atom. The Morgan fingerprint density at radius 3 is 2.12 bits per heavy atom. The molecule has 0 aromatic heterocycles. The van der Waals surface area contributed by atoms with Gasteiger partial charge in [-0.15, -0.1) is 0 Å². The van der Waals surface area contributed by atoms with E-state index in [1.54, 1.807) is 6.92 Å². The molecule has 2 atom stereocenters. The first-order valence-electron chi connectivity index (χ1n) is 6.55. The Labute approximate surface area is 97.6 Å². The molecule has 0 bridgehead atoms. The largest absolute Gasteiger partial charge is 0.481 e. The molecule has 0 spiro atoms. The van der Waals surface area contributed by atoms with Crippen LogP contribution in [-0.2, 0) is 4.79 Å². The van der Waals surface area contributed by atoms with E-state index in [0.717, 1.165) is 24.3 Å². The Bertz CT molecular complexity index is 247. The summed E-state index contributed by atoms with van der Waals surface area (Å²) in [5.41, 5.74) is 0. The van der Waals surface area contributed by atoms with Crippen LogP contribution in [0.3, 0.4) is 0 Å². The van der Waals surface area contributed by atoms with Crippen molar-refractivity contribution in [2.45, 2.75) is 45.6 Å². The number of hydrogen-bond acceptors (Lipinski definition) is 2. The summed E-state index contributed by atoms with van der Waals surface area (Å²) < 4.78 is 0. The summed E-state index contributed by atoms with van der Waals surface area (Å²) in [6, 6.07) is 0.0810. The van der Waals surface area contributed by atoms with E-state index < -0.39 is 5.97 Å². The van der Waals surface area contributed by atoms with Gasteiger partial charge in [-0.25, -0.2) is 0 Å². The van der Waals surface area contributed by atoms with Crippen molar-refractivity contribution in [2.24, 2.45) is 23.7 Å². The molecule has 2 unspecified atom stereocenters. The van der Waals surface area contributed by atoms with Gasteiger partial charge in [-0.3, -0.25) is 4.79 Å². The summed E-state index contributed by atoms with van der Waals surface area (Å²) in [5, 5.41) is 12.3. The van der Waals surface area contributed by atoms with Crippen LogP contribution in [0.25, 0.3) is 0 Å². The highest BCUT2D eigenvalue weighted by molar-refractivity contribution is 5.70. The fraction of sp³-hybridized carbons (Fsp3) is 0.923. The van der Waals surface area contributed by atoms with E-state index in [9.17, 15) is 4.79 Å². The molecule has 0 aromatic carbocycles. The van der Waals surface area contributed by atoms with Gasteiger partial charge in [0.1, 0.15) is 0 Å². The molecule has 0 aliphatic heterocycles. The lowest BCUT2D eigenvalue weighted by Crippen LogP contribution is -2.39. The normalized spacial score (nSPS) is 24.4. The third-order valence-corrected chi connectivity index (χ3v) is 4.27. The molecule has 0 heterocycles. The second kappa shape index (κ2) is 4.74. The van der Waals surface area contributed by atoms with Crippen molar-refractivity contribution in [2.75, 3.05) is 6.54 Å². The lowest BCUT2D eigenvalue weighted by atomic mass is 9.96. The van der Waals surface area contributed by atoms with Crippen molar-refractivity contribution in [3.8, 4) is 0 Å². The zero-order valence-corrected chi connectivity index (χ0v) is 10.3. The maximum absolute atomic E-state index is 10.8. The number of aliphatic carboxylic acids is 1. The molecule has 2 aliphatic carbocycles. The van der Waals surface area contributed by atoms with Gasteiger partial charge in [0, 0.05) is 6.04 Å². The molecule has 0 aromatic rings. The molecule has 3 nitrogen and oxygen atoms in total. The van der Waals surface area contributed by atoms with Gasteiger partial charge in [-0.05, 0) is 56.9 Å². The lowest BCUT2D eigenvalue weighted by molar-refractivity contribution is -0.141. The lowest BCUT2D eigenvalue weighted by Gasteiger charge is -2.22. The molecular weight excluding hydrogens is 202 g/mol. The van der Waals surface area contributed by atoms with Gasteiger partial charge >= 0.3 is 5.97 Å². The predicted octanol–water partition coefficient (Wildman–Crippen LogP) is 2.12. The molecule has 2 rings (SSSR count). The maximum atomic E-state index is 10.8. The second-order valence-corrected chi connectivity index (χ2v) is 5.66. The number of hydrogen-bond donors (Lipinski definition) is 2. The van der Waals surface area contributed by atoms with E-state index in [4.69, 9.17) is 5.11 Å². The predicted molar refractivity (Wildman–Crippen MR) is 63.2 cm³/mol. The standard InChI is InChI=1S/C13H23NO2/c1-8(13(15)16)9(2)14-7-12(10-3-4-10)11-5-6-11/h8-12,14H,3-7H2,1-2H3,(H,15,16). The van der Waals surface area contributed by atoms with Crippen LogP contribution in [0.5, 0.6) is 0 Å². The molecule has 2 aliphatic rings. The second-order valence-electron chi connectivity index (χ2n) is 5.66. The van der Waals surface area contributed by atoms with E-state index in [1.165, 1.54) is 25.7 Å². The van der Waals surface area contributed by atoms with Gasteiger partial charge in [0.2, 0.25) is 0 Å². The van der Waals surface area contributed by atoms with Gasteiger partial charge < -0.3 is 10.4 Å². The number of nitrogens with one attached hydrogen (secondary N) is 1. The molecular formula is C13H23NO2. The Balaban J connectivity index is 1.74. The number of rotatable bonds is 7. The van der Waals surface area contributed by atoms with Gasteiger partial charge in [-0.1, -0.05) is 6.92 Å². The third-order valence-electron chi connectivity index (χ3n) is 4.27. The summed E-state index contributed by atoms with van der Waals surface area (Å²) >= 11 is 0. The minimum Gasteiger partial charge on any atom is -0.481 e. The van der Waals surface area contributed by atoms with Gasteiger partial charge in [0.15, 0.2) is 0 Å². The Morgan fingerprint density at radius 2 is 1.75 bits per heavy atom. The minimum absolute atomic E-state index is 0.0810. The summed E-state index contributed by atoms with van der Waals surface area (Å²) in [6.45, 7) is 4.78. The van der Waals surface area contributed by atoms with Crippen LogP contribution in [0.4, 0.5) is 0 Å². The number of carboxylic acid groups (broad SMARTS) is 1. The first-order valence-corrected chi connectivity index (χ1v) is 6.55. The summed E-state index contributed by atoms with van der Waals surface area (Å²) in [7, 11) is 0. The van der Waals surface area contributed by atoms with E-state index in [-0.39, 0.29) is 12.0 Å². The van der Waals surface area contributed by atoms with Crippen molar-refractivity contribution < 1.29 is 9.90 Å². The molecule has 3 heteroatoms. The van der Waals surface area contributed by atoms with Gasteiger partial charge in [0.25, 0.3) is 0 Å². The molecule has 2 saturated carbocycles. The summed E-state index contributed by atoms with van der Waals surface area (Å²) in [4.78, 5) is 10.8. The highest BCUT2D eigenvalue weighted by atomic mass is 16.4. The smallest absolute Gasteiger partial charge is 0.307 e. The minimum atomic E-state index is -0.700. The number of carbonyl (C=O) groups is 1. The first kappa shape index (κ1) is 11.9. The Kier molecular flexibility index (Phi) is 3.53. The van der Waals surface area contributed by atoms with Crippen molar-refractivity contribution in [3.05, 3.63) is 0 Å². The maximum Gasteiger partial charge on any atom is 0.307 e. The van der Waals surface area contributed by atoms with Crippen molar-refractivity contribution in [1.82, 2.24) is 5.32 Å². The highest BCUT2D eigenvalue weighted by Crippen LogP contribution is 2.48. The average molecular weight is 225 g/mol. The molecule has 0 amide bonds. The monoisotopic (exact) mass is 225 g/mol. The molecule has 2 N–H and O–H groups in total. The van der Waals surface area contributed by atoms with E-state index in [1.807, 2.05) is 6.92 Å². The molecule has 2 fully saturated rings. The fourth-order valence-corrected chi connectivity index (χ4v) is 2.48. The number of carboxylic acids is 1. The van der Waals surface area contributed by atoms with Gasteiger partial charge in [0.05, 0.1) is 5.92 Å². The van der Waals surface area contributed by atoms with Crippen LogP contribution in [0.15, 0.2) is 0 Å². The molecule has 0 radical (unpaired) electrons. The van der Waals surface area contributed by atoms with Crippen molar-refractivity contribution in [3.63, 3.8) is 0 Å². The van der Waals surface area contributed by atoms with Crippen molar-refractivity contribution in [1.29, 1.82) is 0 Å². The average Bonchev–Trinajstić information content (AvgIpc) is 3.09. The van der Waals surface area contributed by atoms with Gasteiger partial charge in [-0.2, -0.15) is 0 Å². The topological polar surface area (TPSA) is 49.3 Å². The first-order chi connectivity index (χ1) is 7.59. The van der Waals surface area contributed by atoms with Crippen LogP contribution in [-0.4, -0.2) is 23.7 Å². The summed E-state index contributed by atoms with van der Waals surface area (Å²) in [6.07, 6.45) is 5.58. The highest BCUT2D eigenvalue weighted by Gasteiger charge is 2.41. The fourth-order valence-electron chi connectivity index (χ4n) is 2.48. The van der Waals surface area contributed by atoms with E-state index in [0.29, 0.717) is 0 Å². The van der Waals surface area contributed by atoms with Crippen LogP contribution >= 0.6 is 0 Å². The van der Waals surface area contributed by atoms with Crippen LogP contribution in [0.1, 0.15) is 39.5 Å². The zero-order chi connectivity index (χ0) is 11.7. The molecule has 0 saturated heterocycles. The van der Waals surface area contributed by atoms with Crippen LogP contribution < -0.4 is 5.32 Å². The van der Waals surface area contributed by atoms with E-state index in [2.05, 4.69) is 5.32 Å². The third kappa shape index (κ3) is 2.97. The van der Waals surface area contributed by atoms with Crippen molar-refractivity contribution >= 4 is 5.97 Å². The van der Waals surface area contributed by atoms with Crippen LogP contribution in [0, 0.1) is 23.7 Å². The molecule has 16 heavy (non-hydrogen) atoms. The van der Waals surface area contributed by atoms with Crippen LogP contribution in [0.2, 0.25) is 0 Å². The van der Waals surface area contributed by atoms with E-state index >= 15 is 0 Å². The summed E-state index contributed by atoms with van der Waals surface area (Å²) in [5.74, 6) is 1.71. The zero-order valence-electron chi connectivity index (χ0n) is 10.3.